The lowest BCUT2D eigenvalue weighted by Gasteiger charge is -2.18. The van der Waals surface area contributed by atoms with Crippen LogP contribution in [0.5, 0.6) is 0 Å². The molecule has 3 rings (SSSR count). The van der Waals surface area contributed by atoms with Gasteiger partial charge in [-0.2, -0.15) is 4.98 Å². The molecule has 1 aromatic heterocycles. The summed E-state index contributed by atoms with van der Waals surface area (Å²) in [4.78, 5) is 4.56. The highest BCUT2D eigenvalue weighted by Gasteiger charge is 2.30. The zero-order chi connectivity index (χ0) is 13.1. The Morgan fingerprint density at radius 1 is 1.00 bits per heavy atom. The predicted molar refractivity (Wildman–Crippen MR) is 68.9 cm³/mol. The van der Waals surface area contributed by atoms with Crippen molar-refractivity contribution >= 4 is 0 Å². The minimum atomic E-state index is -0.328. The first-order valence-corrected chi connectivity index (χ1v) is 7.44. The molecule has 2 heterocycles. The van der Waals surface area contributed by atoms with Gasteiger partial charge in [0.25, 0.3) is 0 Å². The van der Waals surface area contributed by atoms with Gasteiger partial charge in [0, 0.05) is 19.1 Å². The van der Waals surface area contributed by atoms with E-state index >= 15 is 0 Å². The number of aliphatic hydroxyl groups excluding tert-OH is 1. The lowest BCUT2D eigenvalue weighted by atomic mass is 9.97. The molecule has 2 aliphatic rings. The van der Waals surface area contributed by atoms with Gasteiger partial charge in [0.15, 0.2) is 5.82 Å². The van der Waals surface area contributed by atoms with Crippen LogP contribution < -0.4 is 0 Å². The van der Waals surface area contributed by atoms with Crippen LogP contribution in [0, 0.1) is 0 Å². The first kappa shape index (κ1) is 13.1. The van der Waals surface area contributed by atoms with E-state index in [9.17, 15) is 5.11 Å². The van der Waals surface area contributed by atoms with Crippen molar-refractivity contribution in [3.05, 3.63) is 11.7 Å². The van der Waals surface area contributed by atoms with E-state index in [2.05, 4.69) is 10.1 Å². The third-order valence-corrected chi connectivity index (χ3v) is 4.34. The van der Waals surface area contributed by atoms with Crippen LogP contribution in [0.1, 0.15) is 68.5 Å². The molecule has 0 amide bonds. The highest BCUT2D eigenvalue weighted by Crippen LogP contribution is 2.32. The molecule has 2 unspecified atom stereocenters. The van der Waals surface area contributed by atoms with Gasteiger partial charge in [-0.1, -0.05) is 24.4 Å². The highest BCUT2D eigenvalue weighted by atomic mass is 16.5. The van der Waals surface area contributed by atoms with E-state index in [0.717, 1.165) is 57.6 Å². The van der Waals surface area contributed by atoms with Crippen molar-refractivity contribution in [1.29, 1.82) is 0 Å². The monoisotopic (exact) mass is 266 g/mol. The summed E-state index contributed by atoms with van der Waals surface area (Å²) in [7, 11) is 0. The highest BCUT2D eigenvalue weighted by molar-refractivity contribution is 5.02. The molecule has 0 radical (unpaired) electrons. The fourth-order valence-electron chi connectivity index (χ4n) is 3.10. The third-order valence-electron chi connectivity index (χ3n) is 4.34. The minimum Gasteiger partial charge on any atom is -0.392 e. The fraction of sp³-hybridized carbons (Fsp3) is 0.857. The van der Waals surface area contributed by atoms with Crippen LogP contribution in [0.15, 0.2) is 4.52 Å². The first-order chi connectivity index (χ1) is 9.34. The van der Waals surface area contributed by atoms with Gasteiger partial charge in [-0.15, -0.1) is 0 Å². The molecule has 5 nitrogen and oxygen atoms in total. The molecule has 2 fully saturated rings. The minimum absolute atomic E-state index is 0.0311. The number of hydrogen-bond donors (Lipinski definition) is 1. The molecule has 2 atom stereocenters. The van der Waals surface area contributed by atoms with Crippen LogP contribution >= 0.6 is 0 Å². The number of rotatable bonds is 2. The number of aliphatic hydroxyl groups is 1. The van der Waals surface area contributed by atoms with Gasteiger partial charge in [0.1, 0.15) is 0 Å². The first-order valence-electron chi connectivity index (χ1n) is 7.44. The standard InChI is InChI=1S/C14H22N2O3/c17-12-5-3-1-2-4-11(12)14-15-13(16-19-14)10-6-8-18-9-7-10/h10-12,17H,1-9H2. The van der Waals surface area contributed by atoms with Crippen LogP contribution in [-0.4, -0.2) is 34.6 Å². The van der Waals surface area contributed by atoms with E-state index in [1.165, 1.54) is 6.42 Å². The van der Waals surface area contributed by atoms with Crippen molar-refractivity contribution in [1.82, 2.24) is 10.1 Å². The molecule has 0 aromatic carbocycles. The Balaban J connectivity index is 1.72. The molecule has 19 heavy (non-hydrogen) atoms. The molecular formula is C14H22N2O3. The van der Waals surface area contributed by atoms with Gasteiger partial charge in [-0.25, -0.2) is 0 Å². The van der Waals surface area contributed by atoms with E-state index in [4.69, 9.17) is 9.26 Å². The van der Waals surface area contributed by atoms with Crippen LogP contribution in [0.25, 0.3) is 0 Å². The van der Waals surface area contributed by atoms with Crippen molar-refractivity contribution in [3.8, 4) is 0 Å². The molecule has 106 valence electrons. The fourth-order valence-corrected chi connectivity index (χ4v) is 3.10. The van der Waals surface area contributed by atoms with E-state index in [0.29, 0.717) is 11.8 Å². The summed E-state index contributed by atoms with van der Waals surface area (Å²) < 4.78 is 10.8. The molecule has 1 saturated heterocycles. The van der Waals surface area contributed by atoms with E-state index in [1.807, 2.05) is 0 Å². The summed E-state index contributed by atoms with van der Waals surface area (Å²) in [5.74, 6) is 1.82. The smallest absolute Gasteiger partial charge is 0.232 e. The number of nitrogens with zero attached hydrogens (tertiary/aromatic N) is 2. The molecule has 0 bridgehead atoms. The average Bonchev–Trinajstić information content (AvgIpc) is 2.83. The van der Waals surface area contributed by atoms with Crippen molar-refractivity contribution in [2.45, 2.75) is 62.9 Å². The van der Waals surface area contributed by atoms with Crippen molar-refractivity contribution in [2.24, 2.45) is 0 Å². The summed E-state index contributed by atoms with van der Waals surface area (Å²) in [6.07, 6.45) is 6.82. The Morgan fingerprint density at radius 2 is 1.79 bits per heavy atom. The Kier molecular flexibility index (Phi) is 4.13. The van der Waals surface area contributed by atoms with E-state index in [1.54, 1.807) is 0 Å². The number of hydrogen-bond acceptors (Lipinski definition) is 5. The molecule has 1 saturated carbocycles. The Bertz CT molecular complexity index is 401. The predicted octanol–water partition coefficient (Wildman–Crippen LogP) is 2.37. The Labute approximate surface area is 113 Å². The lowest BCUT2D eigenvalue weighted by Crippen LogP contribution is -2.18. The van der Waals surface area contributed by atoms with Gasteiger partial charge >= 0.3 is 0 Å². The van der Waals surface area contributed by atoms with E-state index < -0.39 is 0 Å². The summed E-state index contributed by atoms with van der Waals surface area (Å²) in [5.41, 5.74) is 0. The molecule has 1 aliphatic heterocycles. The second-order valence-electron chi connectivity index (χ2n) is 5.69. The SMILES string of the molecule is OC1CCCCCC1c1nc(C2CCOCC2)no1. The Hall–Kier alpha value is -0.940. The largest absolute Gasteiger partial charge is 0.392 e. The molecule has 1 N–H and O–H groups in total. The van der Waals surface area contributed by atoms with Crippen molar-refractivity contribution in [2.75, 3.05) is 13.2 Å². The Morgan fingerprint density at radius 3 is 2.63 bits per heavy atom. The van der Waals surface area contributed by atoms with Crippen LogP contribution in [0.3, 0.4) is 0 Å². The zero-order valence-corrected chi connectivity index (χ0v) is 11.3. The summed E-state index contributed by atoms with van der Waals surface area (Å²) in [5, 5.41) is 14.3. The maximum atomic E-state index is 10.2. The topological polar surface area (TPSA) is 68.4 Å². The average molecular weight is 266 g/mol. The summed E-state index contributed by atoms with van der Waals surface area (Å²) in [6.45, 7) is 1.56. The quantitative estimate of drug-likeness (QED) is 0.832. The van der Waals surface area contributed by atoms with Gasteiger partial charge in [0.05, 0.1) is 12.0 Å². The zero-order valence-electron chi connectivity index (χ0n) is 11.3. The van der Waals surface area contributed by atoms with Gasteiger partial charge in [-0.3, -0.25) is 0 Å². The van der Waals surface area contributed by atoms with Crippen molar-refractivity contribution in [3.63, 3.8) is 0 Å². The maximum absolute atomic E-state index is 10.2. The van der Waals surface area contributed by atoms with Gasteiger partial charge in [-0.05, 0) is 25.7 Å². The van der Waals surface area contributed by atoms with Crippen LogP contribution in [0.2, 0.25) is 0 Å². The molecule has 0 spiro atoms. The normalized spacial score (nSPS) is 30.2. The third kappa shape index (κ3) is 2.98. The van der Waals surface area contributed by atoms with Crippen LogP contribution in [0.4, 0.5) is 0 Å². The molecular weight excluding hydrogens is 244 g/mol. The van der Waals surface area contributed by atoms with Gasteiger partial charge < -0.3 is 14.4 Å². The van der Waals surface area contributed by atoms with E-state index in [-0.39, 0.29) is 12.0 Å². The number of ether oxygens (including phenoxy) is 1. The van der Waals surface area contributed by atoms with Gasteiger partial charge in [0.2, 0.25) is 5.89 Å². The maximum Gasteiger partial charge on any atom is 0.232 e. The lowest BCUT2D eigenvalue weighted by molar-refractivity contribution is 0.0830. The van der Waals surface area contributed by atoms with Crippen molar-refractivity contribution < 1.29 is 14.4 Å². The van der Waals surface area contributed by atoms with Crippen LogP contribution in [-0.2, 0) is 4.74 Å². The molecule has 5 heteroatoms. The molecule has 1 aliphatic carbocycles. The number of aromatic nitrogens is 2. The second kappa shape index (κ2) is 6.01. The molecule has 1 aromatic rings. The summed E-state index contributed by atoms with van der Waals surface area (Å²) in [6, 6.07) is 0. The summed E-state index contributed by atoms with van der Waals surface area (Å²) >= 11 is 0. The second-order valence-corrected chi connectivity index (χ2v) is 5.69.